The Bertz CT molecular complexity index is 1200. The number of benzene rings is 2. The summed E-state index contributed by atoms with van der Waals surface area (Å²) in [6.07, 6.45) is 0.557. The van der Waals surface area contributed by atoms with E-state index in [4.69, 9.17) is 20.0 Å². The highest BCUT2D eigenvalue weighted by Crippen LogP contribution is 2.31. The molecule has 2 aromatic carbocycles. The van der Waals surface area contributed by atoms with Crippen molar-refractivity contribution in [2.24, 2.45) is 0 Å². The van der Waals surface area contributed by atoms with Crippen molar-refractivity contribution in [2.45, 2.75) is 26.0 Å². The summed E-state index contributed by atoms with van der Waals surface area (Å²) in [5, 5.41) is 20.0. The summed E-state index contributed by atoms with van der Waals surface area (Å²) in [6.45, 7) is 3.60. The highest BCUT2D eigenvalue weighted by molar-refractivity contribution is 6.07. The fourth-order valence-corrected chi connectivity index (χ4v) is 4.58. The number of hydrogen-bond acceptors (Lipinski definition) is 7. The van der Waals surface area contributed by atoms with Gasteiger partial charge in [0.1, 0.15) is 18.2 Å². The van der Waals surface area contributed by atoms with E-state index in [0.29, 0.717) is 48.7 Å². The average molecular weight is 495 g/mol. The van der Waals surface area contributed by atoms with E-state index in [1.165, 1.54) is 0 Å². The van der Waals surface area contributed by atoms with Crippen LogP contribution >= 0.6 is 0 Å². The number of hydrogen-bond donors (Lipinski definition) is 3. The zero-order valence-corrected chi connectivity index (χ0v) is 20.4. The Hall–Kier alpha value is -3.92. The number of ether oxygens (including phenoxy) is 2. The van der Waals surface area contributed by atoms with Gasteiger partial charge < -0.3 is 29.7 Å². The molecule has 1 amide bonds. The van der Waals surface area contributed by atoms with Crippen LogP contribution in [-0.4, -0.2) is 79.5 Å². The van der Waals surface area contributed by atoms with Crippen LogP contribution in [-0.2, 0) is 16.1 Å². The Morgan fingerprint density at radius 2 is 2.03 bits per heavy atom. The van der Waals surface area contributed by atoms with Gasteiger partial charge in [-0.3, -0.25) is 15.0 Å². The molecule has 1 fully saturated rings. The maximum Gasteiger partial charge on any atom is 0.329 e. The number of fused-ring (bicyclic) bond motifs is 1. The van der Waals surface area contributed by atoms with Crippen molar-refractivity contribution in [1.82, 2.24) is 10.2 Å². The lowest BCUT2D eigenvalue weighted by atomic mass is 10.0. The predicted octanol–water partition coefficient (Wildman–Crippen LogP) is 2.15. The van der Waals surface area contributed by atoms with Gasteiger partial charge in [0.05, 0.1) is 24.8 Å². The topological polar surface area (TPSA) is 132 Å². The van der Waals surface area contributed by atoms with Crippen LogP contribution in [0.3, 0.4) is 0 Å². The number of Topliss-reactive ketones (excluding diaryl/α,β-unsaturated/α-hetero) is 1. The lowest BCUT2D eigenvalue weighted by Crippen LogP contribution is -2.30. The molecule has 0 aliphatic carbocycles. The molecule has 1 atom stereocenters. The third kappa shape index (κ3) is 5.33. The van der Waals surface area contributed by atoms with E-state index in [1.54, 1.807) is 30.1 Å². The van der Waals surface area contributed by atoms with E-state index in [2.05, 4.69) is 10.2 Å². The molecule has 0 saturated carbocycles. The molecular weight excluding hydrogens is 464 g/mol. The Labute approximate surface area is 209 Å². The molecule has 0 radical (unpaired) electrons. The molecule has 190 valence electrons. The standard InChI is InChI=1S/C26H30N4O6/c1-3-35-23-10-17-12-30(25(27)20(17)11-21(23)26(34)28-2)14-22(31)16-5-4-6-18(9-16)29-8-7-19(13-29)36-15-24(32)33/h4-6,9-11,19,27H,3,7-8,12-15H2,1-2H3,(H,28,34)(H,32,33). The maximum absolute atomic E-state index is 13.2. The second-order valence-corrected chi connectivity index (χ2v) is 8.76. The SMILES string of the molecule is CCOc1cc2c(cc1C(=O)NC)C(=N)N(CC(=O)c1cccc(N3CCC(OCC(=O)O)C3)c1)C2. The second-order valence-electron chi connectivity index (χ2n) is 8.76. The zero-order valence-electron chi connectivity index (χ0n) is 20.4. The van der Waals surface area contributed by atoms with Crippen molar-refractivity contribution in [3.05, 3.63) is 58.7 Å². The van der Waals surface area contributed by atoms with Crippen molar-refractivity contribution < 1.29 is 29.0 Å². The van der Waals surface area contributed by atoms with Gasteiger partial charge in [0.15, 0.2) is 5.78 Å². The molecule has 2 aliphatic heterocycles. The molecule has 3 N–H and O–H groups in total. The summed E-state index contributed by atoms with van der Waals surface area (Å²) in [5.74, 6) is -0.752. The summed E-state index contributed by atoms with van der Waals surface area (Å²) < 4.78 is 11.0. The van der Waals surface area contributed by atoms with E-state index in [-0.39, 0.29) is 36.8 Å². The second kappa shape index (κ2) is 10.8. The number of carbonyl (C=O) groups excluding carboxylic acids is 2. The summed E-state index contributed by atoms with van der Waals surface area (Å²) in [5.41, 5.74) is 3.22. The number of anilines is 1. The summed E-state index contributed by atoms with van der Waals surface area (Å²) in [6, 6.07) is 10.7. The first-order valence-corrected chi connectivity index (χ1v) is 11.9. The number of nitrogens with one attached hydrogen (secondary N) is 2. The molecule has 2 aliphatic rings. The number of amides is 1. The minimum absolute atomic E-state index is 0.0284. The lowest BCUT2D eigenvalue weighted by molar-refractivity contribution is -0.143. The van der Waals surface area contributed by atoms with E-state index < -0.39 is 5.97 Å². The van der Waals surface area contributed by atoms with Crippen LogP contribution in [0.2, 0.25) is 0 Å². The minimum Gasteiger partial charge on any atom is -0.493 e. The van der Waals surface area contributed by atoms with Crippen LogP contribution in [0, 0.1) is 5.41 Å². The first-order chi connectivity index (χ1) is 17.3. The summed E-state index contributed by atoms with van der Waals surface area (Å²) >= 11 is 0. The third-order valence-corrected chi connectivity index (χ3v) is 6.36. The highest BCUT2D eigenvalue weighted by atomic mass is 16.5. The van der Waals surface area contributed by atoms with Crippen LogP contribution in [0.25, 0.3) is 0 Å². The maximum atomic E-state index is 13.2. The van der Waals surface area contributed by atoms with Gasteiger partial charge in [-0.15, -0.1) is 0 Å². The molecule has 2 aromatic rings. The molecule has 36 heavy (non-hydrogen) atoms. The largest absolute Gasteiger partial charge is 0.493 e. The van der Waals surface area contributed by atoms with Crippen LogP contribution in [0.15, 0.2) is 36.4 Å². The highest BCUT2D eigenvalue weighted by Gasteiger charge is 2.30. The van der Waals surface area contributed by atoms with Gasteiger partial charge in [0, 0.05) is 43.5 Å². The first-order valence-electron chi connectivity index (χ1n) is 11.9. The number of carboxylic acids is 1. The normalized spacial score (nSPS) is 16.7. The van der Waals surface area contributed by atoms with Gasteiger partial charge in [0.25, 0.3) is 5.91 Å². The minimum atomic E-state index is -0.991. The fourth-order valence-electron chi connectivity index (χ4n) is 4.58. The van der Waals surface area contributed by atoms with Gasteiger partial charge in [0.2, 0.25) is 0 Å². The van der Waals surface area contributed by atoms with Gasteiger partial charge in [-0.05, 0) is 43.2 Å². The smallest absolute Gasteiger partial charge is 0.329 e. The lowest BCUT2D eigenvalue weighted by Gasteiger charge is -2.20. The number of carboxylic acid groups (broad SMARTS) is 1. The van der Waals surface area contributed by atoms with Crippen molar-refractivity contribution in [3.63, 3.8) is 0 Å². The van der Waals surface area contributed by atoms with Gasteiger partial charge >= 0.3 is 5.97 Å². The van der Waals surface area contributed by atoms with E-state index in [9.17, 15) is 14.4 Å². The third-order valence-electron chi connectivity index (χ3n) is 6.36. The van der Waals surface area contributed by atoms with Crippen LogP contribution in [0.4, 0.5) is 5.69 Å². The predicted molar refractivity (Wildman–Crippen MR) is 133 cm³/mol. The zero-order chi connectivity index (χ0) is 25.8. The van der Waals surface area contributed by atoms with Crippen LogP contribution < -0.4 is 15.0 Å². The molecule has 10 heteroatoms. The van der Waals surface area contributed by atoms with E-state index >= 15 is 0 Å². The fraction of sp³-hybridized carbons (Fsp3) is 0.385. The molecule has 0 bridgehead atoms. The molecule has 0 aromatic heterocycles. The molecular formula is C26H30N4O6. The molecule has 2 heterocycles. The molecule has 10 nitrogen and oxygen atoms in total. The number of carbonyl (C=O) groups is 3. The van der Waals surface area contributed by atoms with Gasteiger partial charge in [-0.1, -0.05) is 12.1 Å². The Kier molecular flexibility index (Phi) is 7.54. The van der Waals surface area contributed by atoms with Crippen LogP contribution in [0.5, 0.6) is 5.75 Å². The number of ketones is 1. The Morgan fingerprint density at radius 1 is 1.22 bits per heavy atom. The van der Waals surface area contributed by atoms with Gasteiger partial charge in [-0.2, -0.15) is 0 Å². The summed E-state index contributed by atoms with van der Waals surface area (Å²) in [7, 11) is 1.54. The number of amidine groups is 1. The molecule has 0 spiro atoms. The average Bonchev–Trinajstić information content (AvgIpc) is 3.46. The monoisotopic (exact) mass is 494 g/mol. The van der Waals surface area contributed by atoms with Crippen molar-refractivity contribution in [1.29, 1.82) is 5.41 Å². The van der Waals surface area contributed by atoms with Crippen LogP contribution in [0.1, 0.15) is 45.2 Å². The molecule has 1 saturated heterocycles. The van der Waals surface area contributed by atoms with Crippen molar-refractivity contribution in [3.8, 4) is 5.75 Å². The number of rotatable bonds is 10. The Morgan fingerprint density at radius 3 is 2.75 bits per heavy atom. The molecule has 1 unspecified atom stereocenters. The van der Waals surface area contributed by atoms with Crippen molar-refractivity contribution >= 4 is 29.2 Å². The summed E-state index contributed by atoms with van der Waals surface area (Å²) in [4.78, 5) is 40.0. The van der Waals surface area contributed by atoms with Crippen molar-refractivity contribution in [2.75, 3.05) is 44.8 Å². The first kappa shape index (κ1) is 25.2. The van der Waals surface area contributed by atoms with E-state index in [1.807, 2.05) is 25.1 Å². The number of aliphatic carboxylic acids is 1. The Balaban J connectivity index is 1.45. The molecule has 4 rings (SSSR count). The van der Waals surface area contributed by atoms with Gasteiger partial charge in [-0.25, -0.2) is 4.79 Å². The van der Waals surface area contributed by atoms with E-state index in [0.717, 1.165) is 17.7 Å². The quantitative estimate of drug-likeness (QED) is 0.428. The number of nitrogens with zero attached hydrogens (tertiary/aromatic N) is 2.